The fourth-order valence-electron chi connectivity index (χ4n) is 1.55. The monoisotopic (exact) mass is 251 g/mol. The van der Waals surface area contributed by atoms with E-state index in [2.05, 4.69) is 10.3 Å². The molecule has 1 rings (SSSR count). The fraction of sp³-hybridized carbons (Fsp3) is 0.417. The van der Waals surface area contributed by atoms with Crippen molar-refractivity contribution in [3.8, 4) is 0 Å². The number of carboxylic acid groups (broad SMARTS) is 1. The Bertz CT molecular complexity index is 440. The number of aromatic nitrogens is 1. The summed E-state index contributed by atoms with van der Waals surface area (Å²) >= 11 is 0. The summed E-state index contributed by atoms with van der Waals surface area (Å²) in [6.45, 7) is 3.32. The van der Waals surface area contributed by atoms with Gasteiger partial charge in [-0.1, -0.05) is 0 Å². The van der Waals surface area contributed by atoms with Crippen molar-refractivity contribution in [1.29, 1.82) is 0 Å². The lowest BCUT2D eigenvalue weighted by Crippen LogP contribution is -2.45. The maximum absolute atomic E-state index is 11.7. The topological polar surface area (TPSA) is 105 Å². The molecule has 0 aliphatic heterocycles. The first-order valence-corrected chi connectivity index (χ1v) is 5.52. The third-order valence-corrected chi connectivity index (χ3v) is 2.26. The van der Waals surface area contributed by atoms with Crippen LogP contribution in [0.25, 0.3) is 0 Å². The molecule has 0 fully saturated rings. The van der Waals surface area contributed by atoms with E-state index in [1.54, 1.807) is 26.0 Å². The van der Waals surface area contributed by atoms with E-state index in [0.717, 1.165) is 0 Å². The van der Waals surface area contributed by atoms with Crippen LogP contribution in [0.3, 0.4) is 0 Å². The number of anilines is 1. The van der Waals surface area contributed by atoms with Crippen LogP contribution < -0.4 is 11.1 Å². The third kappa shape index (κ3) is 4.82. The van der Waals surface area contributed by atoms with E-state index in [0.29, 0.717) is 11.4 Å². The van der Waals surface area contributed by atoms with Gasteiger partial charge >= 0.3 is 5.97 Å². The Kier molecular flexibility index (Phi) is 4.25. The number of nitrogens with zero attached hydrogens (tertiary/aromatic N) is 1. The van der Waals surface area contributed by atoms with Crippen molar-refractivity contribution in [1.82, 2.24) is 10.3 Å². The second-order valence-corrected chi connectivity index (χ2v) is 4.76. The van der Waals surface area contributed by atoms with Gasteiger partial charge in [-0.2, -0.15) is 0 Å². The molecule has 0 spiro atoms. The van der Waals surface area contributed by atoms with Gasteiger partial charge in [0.2, 0.25) is 5.91 Å². The number of carbonyl (C=O) groups excluding carboxylic acids is 1. The predicted octanol–water partition coefficient (Wildman–Crippen LogP) is 0.576. The highest BCUT2D eigenvalue weighted by Gasteiger charge is 2.23. The number of pyridine rings is 1. The predicted molar refractivity (Wildman–Crippen MR) is 66.8 cm³/mol. The highest BCUT2D eigenvalue weighted by atomic mass is 16.4. The molecule has 0 saturated carbocycles. The zero-order valence-corrected chi connectivity index (χ0v) is 10.4. The second-order valence-electron chi connectivity index (χ2n) is 4.76. The van der Waals surface area contributed by atoms with Crippen molar-refractivity contribution in [2.45, 2.75) is 32.2 Å². The Morgan fingerprint density at radius 3 is 2.61 bits per heavy atom. The average molecular weight is 251 g/mol. The Morgan fingerprint density at radius 1 is 1.44 bits per heavy atom. The second kappa shape index (κ2) is 5.48. The molecule has 6 heteroatoms. The summed E-state index contributed by atoms with van der Waals surface area (Å²) in [5.41, 5.74) is 5.83. The summed E-state index contributed by atoms with van der Waals surface area (Å²) in [6.07, 6.45) is 1.45. The molecule has 18 heavy (non-hydrogen) atoms. The van der Waals surface area contributed by atoms with E-state index in [9.17, 15) is 9.59 Å². The van der Waals surface area contributed by atoms with Crippen molar-refractivity contribution >= 4 is 17.6 Å². The number of nitrogens with two attached hydrogens (primary N) is 1. The number of aliphatic carboxylic acids is 1. The Morgan fingerprint density at radius 2 is 2.11 bits per heavy atom. The van der Waals surface area contributed by atoms with Gasteiger partial charge in [0.1, 0.15) is 0 Å². The molecule has 0 aromatic carbocycles. The van der Waals surface area contributed by atoms with Crippen molar-refractivity contribution in [3.63, 3.8) is 0 Å². The molecule has 0 aliphatic carbocycles. The fourth-order valence-corrected chi connectivity index (χ4v) is 1.55. The molecule has 0 bridgehead atoms. The first-order valence-electron chi connectivity index (χ1n) is 5.52. The minimum Gasteiger partial charge on any atom is -0.481 e. The third-order valence-electron chi connectivity index (χ3n) is 2.26. The summed E-state index contributed by atoms with van der Waals surface area (Å²) < 4.78 is 0. The molecule has 6 nitrogen and oxygen atoms in total. The first kappa shape index (κ1) is 14.0. The minimum atomic E-state index is -0.953. The zero-order valence-electron chi connectivity index (χ0n) is 10.4. The number of carboxylic acids is 1. The van der Waals surface area contributed by atoms with Gasteiger partial charge in [-0.3, -0.25) is 14.6 Å². The molecule has 1 amide bonds. The molecule has 98 valence electrons. The molecular formula is C12H17N3O3. The van der Waals surface area contributed by atoms with Crippen molar-refractivity contribution in [3.05, 3.63) is 24.0 Å². The number of amides is 1. The minimum absolute atomic E-state index is 0.101. The van der Waals surface area contributed by atoms with E-state index < -0.39 is 11.5 Å². The Hall–Kier alpha value is -2.11. The number of nitrogen functional groups attached to an aromatic ring is 1. The lowest BCUT2D eigenvalue weighted by atomic mass is 10.0. The van der Waals surface area contributed by atoms with Crippen molar-refractivity contribution in [2.75, 3.05) is 5.73 Å². The first-order chi connectivity index (χ1) is 8.28. The summed E-state index contributed by atoms with van der Waals surface area (Å²) in [6, 6.07) is 3.33. The summed E-state index contributed by atoms with van der Waals surface area (Å²) in [7, 11) is 0. The largest absolute Gasteiger partial charge is 0.481 e. The van der Waals surface area contributed by atoms with E-state index in [1.807, 2.05) is 0 Å². The maximum atomic E-state index is 11.7. The number of carbonyl (C=O) groups is 2. The van der Waals surface area contributed by atoms with Crippen LogP contribution in [0.5, 0.6) is 0 Å². The number of nitrogens with one attached hydrogen (secondary N) is 1. The van der Waals surface area contributed by atoms with Gasteiger partial charge in [-0.25, -0.2) is 0 Å². The molecule has 1 heterocycles. The van der Waals surface area contributed by atoms with E-state index in [-0.39, 0.29) is 18.7 Å². The van der Waals surface area contributed by atoms with Crippen LogP contribution in [0, 0.1) is 0 Å². The number of hydrogen-bond donors (Lipinski definition) is 3. The number of hydrogen-bond acceptors (Lipinski definition) is 4. The molecule has 0 aliphatic rings. The van der Waals surface area contributed by atoms with Crippen LogP contribution in [-0.2, 0) is 16.0 Å². The molecule has 0 radical (unpaired) electrons. The molecular weight excluding hydrogens is 234 g/mol. The quantitative estimate of drug-likeness (QED) is 0.709. The van der Waals surface area contributed by atoms with Gasteiger partial charge < -0.3 is 16.2 Å². The van der Waals surface area contributed by atoms with E-state index >= 15 is 0 Å². The van der Waals surface area contributed by atoms with Gasteiger partial charge in [-0.15, -0.1) is 0 Å². The Labute approximate surface area is 105 Å². The molecule has 1 aromatic heterocycles. The van der Waals surface area contributed by atoms with Crippen LogP contribution >= 0.6 is 0 Å². The van der Waals surface area contributed by atoms with Gasteiger partial charge in [-0.05, 0) is 26.0 Å². The standard InChI is InChI=1S/C12H17N3O3/c1-12(2,6-11(17)18)15-10(16)5-9-4-3-8(13)7-14-9/h3-4,7H,5-6,13H2,1-2H3,(H,15,16)(H,17,18). The molecule has 0 atom stereocenters. The number of rotatable bonds is 5. The molecule has 1 aromatic rings. The summed E-state index contributed by atoms with van der Waals surface area (Å²) in [4.78, 5) is 26.3. The van der Waals surface area contributed by atoms with Crippen LogP contribution in [0.4, 0.5) is 5.69 Å². The van der Waals surface area contributed by atoms with Crippen molar-refractivity contribution in [2.24, 2.45) is 0 Å². The summed E-state index contributed by atoms with van der Waals surface area (Å²) in [5.74, 6) is -1.22. The Balaban J connectivity index is 2.56. The molecule has 4 N–H and O–H groups in total. The smallest absolute Gasteiger partial charge is 0.305 e. The SMILES string of the molecule is CC(C)(CC(=O)O)NC(=O)Cc1ccc(N)cn1. The zero-order chi connectivity index (χ0) is 13.8. The van der Waals surface area contributed by atoms with Gasteiger partial charge in [0.15, 0.2) is 0 Å². The lowest BCUT2D eigenvalue weighted by Gasteiger charge is -2.24. The summed E-state index contributed by atoms with van der Waals surface area (Å²) in [5, 5.41) is 11.4. The van der Waals surface area contributed by atoms with E-state index in [4.69, 9.17) is 10.8 Å². The van der Waals surface area contributed by atoms with Crippen LogP contribution in [0.1, 0.15) is 26.0 Å². The molecule has 0 unspecified atom stereocenters. The molecule has 0 saturated heterocycles. The normalized spacial score (nSPS) is 11.0. The maximum Gasteiger partial charge on any atom is 0.305 e. The van der Waals surface area contributed by atoms with E-state index in [1.165, 1.54) is 6.20 Å². The lowest BCUT2D eigenvalue weighted by molar-refractivity contribution is -0.138. The highest BCUT2D eigenvalue weighted by Crippen LogP contribution is 2.09. The van der Waals surface area contributed by atoms with Gasteiger partial charge in [0.25, 0.3) is 0 Å². The van der Waals surface area contributed by atoms with Crippen LogP contribution in [-0.4, -0.2) is 27.5 Å². The highest BCUT2D eigenvalue weighted by molar-refractivity contribution is 5.80. The van der Waals surface area contributed by atoms with Gasteiger partial charge in [0.05, 0.1) is 24.7 Å². The van der Waals surface area contributed by atoms with Crippen LogP contribution in [0.15, 0.2) is 18.3 Å². The van der Waals surface area contributed by atoms with Crippen molar-refractivity contribution < 1.29 is 14.7 Å². The average Bonchev–Trinajstić information content (AvgIpc) is 2.18. The van der Waals surface area contributed by atoms with Crippen LogP contribution in [0.2, 0.25) is 0 Å². The van der Waals surface area contributed by atoms with Gasteiger partial charge in [0, 0.05) is 11.2 Å².